The SMILES string of the molecule is COC(=O)C1=C(C)N=C2SC=C(CC(=O)NCc3ccccc3)N2C1c1ccc(OCc2ccccc2)c(OC)c1. The molecule has 1 unspecified atom stereocenters. The quantitative estimate of drug-likeness (QED) is 0.312. The molecular weight excluding hydrogens is 538 g/mol. The molecule has 9 heteroatoms. The van der Waals surface area contributed by atoms with Crippen LogP contribution >= 0.6 is 11.8 Å². The zero-order chi connectivity index (χ0) is 28.8. The third-order valence-electron chi connectivity index (χ3n) is 6.82. The number of hydrogen-bond donors (Lipinski definition) is 1. The smallest absolute Gasteiger partial charge is 0.338 e. The van der Waals surface area contributed by atoms with Crippen LogP contribution in [0.15, 0.2) is 106 Å². The number of nitrogens with one attached hydrogen (secondary N) is 1. The number of amides is 1. The van der Waals surface area contributed by atoms with Gasteiger partial charge in [0, 0.05) is 12.2 Å². The first-order valence-electron chi connectivity index (χ1n) is 13.2. The largest absolute Gasteiger partial charge is 0.493 e. The Morgan fingerprint density at radius 1 is 0.951 bits per heavy atom. The minimum Gasteiger partial charge on any atom is -0.493 e. The lowest BCUT2D eigenvalue weighted by atomic mass is 9.93. The zero-order valence-electron chi connectivity index (χ0n) is 23.1. The second kappa shape index (κ2) is 12.8. The number of rotatable bonds is 10. The maximum Gasteiger partial charge on any atom is 0.338 e. The molecule has 1 amide bonds. The number of allylic oxidation sites excluding steroid dienone is 1. The van der Waals surface area contributed by atoms with Gasteiger partial charge in [-0.15, -0.1) is 0 Å². The molecule has 0 bridgehead atoms. The number of benzene rings is 3. The molecule has 0 saturated heterocycles. The van der Waals surface area contributed by atoms with E-state index in [1.807, 2.05) is 89.2 Å². The molecule has 0 radical (unpaired) electrons. The third kappa shape index (κ3) is 6.30. The Hall–Kier alpha value is -4.50. The molecule has 5 rings (SSSR count). The van der Waals surface area contributed by atoms with Crippen molar-refractivity contribution < 1.29 is 23.8 Å². The van der Waals surface area contributed by atoms with Crippen molar-refractivity contribution in [2.45, 2.75) is 32.5 Å². The molecule has 3 aromatic carbocycles. The Bertz CT molecular complexity index is 1520. The van der Waals surface area contributed by atoms with Crippen molar-refractivity contribution in [1.29, 1.82) is 0 Å². The van der Waals surface area contributed by atoms with Gasteiger partial charge in [0.1, 0.15) is 6.61 Å². The minimum absolute atomic E-state index is 0.123. The summed E-state index contributed by atoms with van der Waals surface area (Å²) in [6.07, 6.45) is 0.123. The van der Waals surface area contributed by atoms with Crippen LogP contribution in [0.3, 0.4) is 0 Å². The summed E-state index contributed by atoms with van der Waals surface area (Å²) >= 11 is 1.42. The van der Waals surface area contributed by atoms with Crippen molar-refractivity contribution >= 4 is 28.8 Å². The second-order valence-electron chi connectivity index (χ2n) is 9.51. The highest BCUT2D eigenvalue weighted by molar-refractivity contribution is 8.16. The summed E-state index contributed by atoms with van der Waals surface area (Å²) < 4.78 is 16.9. The van der Waals surface area contributed by atoms with E-state index >= 15 is 0 Å². The van der Waals surface area contributed by atoms with Crippen LogP contribution in [0.5, 0.6) is 11.5 Å². The van der Waals surface area contributed by atoms with Crippen LogP contribution in [-0.4, -0.2) is 36.2 Å². The number of fused-ring (bicyclic) bond motifs is 1. The van der Waals surface area contributed by atoms with Crippen LogP contribution in [0.1, 0.15) is 36.1 Å². The van der Waals surface area contributed by atoms with E-state index in [9.17, 15) is 9.59 Å². The van der Waals surface area contributed by atoms with Gasteiger partial charge in [0.05, 0.1) is 38.0 Å². The number of thioether (sulfide) groups is 1. The maximum atomic E-state index is 13.1. The van der Waals surface area contributed by atoms with E-state index in [0.29, 0.717) is 41.1 Å². The Morgan fingerprint density at radius 3 is 2.34 bits per heavy atom. The predicted molar refractivity (Wildman–Crippen MR) is 159 cm³/mol. The van der Waals surface area contributed by atoms with Gasteiger partial charge >= 0.3 is 5.97 Å². The molecule has 2 heterocycles. The van der Waals surface area contributed by atoms with E-state index in [4.69, 9.17) is 14.2 Å². The van der Waals surface area contributed by atoms with Crippen LogP contribution in [-0.2, 0) is 27.5 Å². The molecular formula is C32H31N3O5S. The average Bonchev–Trinajstić information content (AvgIpc) is 3.40. The molecule has 3 aromatic rings. The Labute approximate surface area is 243 Å². The number of carbonyl (C=O) groups is 2. The molecule has 1 N–H and O–H groups in total. The van der Waals surface area contributed by atoms with Gasteiger partial charge in [0.15, 0.2) is 16.7 Å². The molecule has 0 spiro atoms. The van der Waals surface area contributed by atoms with Crippen molar-refractivity contribution in [1.82, 2.24) is 10.2 Å². The lowest BCUT2D eigenvalue weighted by Gasteiger charge is -2.36. The summed E-state index contributed by atoms with van der Waals surface area (Å²) in [6.45, 7) is 2.61. The van der Waals surface area contributed by atoms with Gasteiger partial charge in [-0.3, -0.25) is 4.79 Å². The molecule has 0 saturated carbocycles. The van der Waals surface area contributed by atoms with Gasteiger partial charge in [-0.25, -0.2) is 9.79 Å². The molecule has 2 aliphatic heterocycles. The van der Waals surface area contributed by atoms with Crippen molar-refractivity contribution in [3.8, 4) is 11.5 Å². The van der Waals surface area contributed by atoms with Crippen LogP contribution in [0, 0.1) is 0 Å². The Morgan fingerprint density at radius 2 is 1.66 bits per heavy atom. The van der Waals surface area contributed by atoms with Crippen LogP contribution in [0.4, 0.5) is 0 Å². The van der Waals surface area contributed by atoms with Crippen molar-refractivity contribution in [2.24, 2.45) is 4.99 Å². The van der Waals surface area contributed by atoms with Gasteiger partial charge in [-0.05, 0) is 41.2 Å². The zero-order valence-corrected chi connectivity index (χ0v) is 23.9. The van der Waals surface area contributed by atoms with E-state index in [-0.39, 0.29) is 12.3 Å². The summed E-state index contributed by atoms with van der Waals surface area (Å²) in [7, 11) is 2.94. The molecule has 8 nitrogen and oxygen atoms in total. The first-order chi connectivity index (χ1) is 20.0. The number of carbonyl (C=O) groups excluding carboxylic acids is 2. The van der Waals surface area contributed by atoms with E-state index in [0.717, 1.165) is 22.4 Å². The summed E-state index contributed by atoms with van der Waals surface area (Å²) in [4.78, 5) is 32.7. The van der Waals surface area contributed by atoms with E-state index in [1.165, 1.54) is 18.9 Å². The number of nitrogens with zero attached hydrogens (tertiary/aromatic N) is 2. The van der Waals surface area contributed by atoms with E-state index in [2.05, 4.69) is 10.3 Å². The monoisotopic (exact) mass is 569 g/mol. The first kappa shape index (κ1) is 28.0. The molecule has 210 valence electrons. The highest BCUT2D eigenvalue weighted by Gasteiger charge is 2.41. The molecule has 41 heavy (non-hydrogen) atoms. The Balaban J connectivity index is 1.42. The number of aliphatic imine (C=N–C) groups is 1. The molecule has 2 aliphatic rings. The van der Waals surface area contributed by atoms with E-state index < -0.39 is 12.0 Å². The average molecular weight is 570 g/mol. The van der Waals surface area contributed by atoms with Crippen molar-refractivity contribution in [2.75, 3.05) is 14.2 Å². The highest BCUT2D eigenvalue weighted by atomic mass is 32.2. The van der Waals surface area contributed by atoms with Gasteiger partial charge in [0.2, 0.25) is 5.91 Å². The van der Waals surface area contributed by atoms with Crippen molar-refractivity contribution in [3.63, 3.8) is 0 Å². The third-order valence-corrected chi connectivity index (χ3v) is 7.71. The molecule has 0 aromatic heterocycles. The van der Waals surface area contributed by atoms with Crippen LogP contribution in [0.25, 0.3) is 0 Å². The number of methoxy groups -OCH3 is 2. The van der Waals surface area contributed by atoms with Gasteiger partial charge < -0.3 is 24.4 Å². The summed E-state index contributed by atoms with van der Waals surface area (Å²) in [5.41, 5.74) is 4.52. The van der Waals surface area contributed by atoms with Gasteiger partial charge in [0.25, 0.3) is 0 Å². The van der Waals surface area contributed by atoms with Gasteiger partial charge in [-0.1, -0.05) is 78.5 Å². The maximum absolute atomic E-state index is 13.1. The summed E-state index contributed by atoms with van der Waals surface area (Å²) in [5.74, 6) is 0.497. The minimum atomic E-state index is -0.574. The summed E-state index contributed by atoms with van der Waals surface area (Å²) in [5, 5.41) is 5.59. The topological polar surface area (TPSA) is 89.5 Å². The lowest BCUT2D eigenvalue weighted by molar-refractivity contribution is -0.136. The van der Waals surface area contributed by atoms with E-state index in [1.54, 1.807) is 14.0 Å². The molecule has 0 aliphatic carbocycles. The Kier molecular flexibility index (Phi) is 8.74. The lowest BCUT2D eigenvalue weighted by Crippen LogP contribution is -2.37. The predicted octanol–water partition coefficient (Wildman–Crippen LogP) is 5.73. The second-order valence-corrected chi connectivity index (χ2v) is 10.3. The van der Waals surface area contributed by atoms with Crippen LogP contribution < -0.4 is 14.8 Å². The number of ether oxygens (including phenoxy) is 3. The van der Waals surface area contributed by atoms with Gasteiger partial charge in [-0.2, -0.15) is 0 Å². The summed E-state index contributed by atoms with van der Waals surface area (Å²) in [6, 6.07) is 24.7. The molecule has 1 atom stereocenters. The number of amidine groups is 1. The van der Waals surface area contributed by atoms with Crippen LogP contribution in [0.2, 0.25) is 0 Å². The first-order valence-corrected chi connectivity index (χ1v) is 14.0. The highest BCUT2D eigenvalue weighted by Crippen LogP contribution is 2.46. The molecule has 0 fully saturated rings. The fraction of sp³-hybridized carbons (Fsp3) is 0.219. The normalized spacial score (nSPS) is 16.0. The fourth-order valence-corrected chi connectivity index (χ4v) is 5.75. The number of hydrogen-bond acceptors (Lipinski definition) is 8. The number of esters is 1. The standard InChI is InChI=1S/C32H31N3O5S/c1-21-29(31(37)39-3)30(24-14-15-26(27(16-24)38-2)40-19-23-12-8-5-9-13-23)35-25(20-41-32(35)34-21)17-28(36)33-18-22-10-6-4-7-11-22/h4-16,20,30H,17-19H2,1-3H3,(H,33,36). The van der Waals surface area contributed by atoms with Crippen molar-refractivity contribution in [3.05, 3.63) is 118 Å². The fourth-order valence-electron chi connectivity index (χ4n) is 4.79.